The van der Waals surface area contributed by atoms with E-state index in [9.17, 15) is 18.0 Å². The van der Waals surface area contributed by atoms with Crippen molar-refractivity contribution in [1.29, 1.82) is 0 Å². The zero-order chi connectivity index (χ0) is 20.5. The third-order valence-electron chi connectivity index (χ3n) is 4.51. The van der Waals surface area contributed by atoms with Crippen LogP contribution in [0.3, 0.4) is 0 Å². The largest absolute Gasteiger partial charge is 0.418 e. The molecule has 3 rings (SSSR count). The van der Waals surface area contributed by atoms with Gasteiger partial charge in [-0.2, -0.15) is 13.2 Å². The Kier molecular flexibility index (Phi) is 5.51. The van der Waals surface area contributed by atoms with Crippen molar-refractivity contribution in [1.82, 2.24) is 9.88 Å². The highest BCUT2D eigenvalue weighted by atomic mass is 32.1. The Labute approximate surface area is 165 Å². The second-order valence-electron chi connectivity index (χ2n) is 6.46. The molecular formula is C20H20F3N3OS. The fourth-order valence-electron chi connectivity index (χ4n) is 3.06. The zero-order valence-corrected chi connectivity index (χ0v) is 16.4. The molecule has 2 N–H and O–H groups in total. The van der Waals surface area contributed by atoms with Gasteiger partial charge in [0.05, 0.1) is 17.3 Å². The number of carbonyl (C=O) groups is 1. The number of thiophene rings is 1. The highest BCUT2D eigenvalue weighted by molar-refractivity contribution is 7.14. The fourth-order valence-corrected chi connectivity index (χ4v) is 4.28. The number of benzene rings is 1. The maximum absolute atomic E-state index is 13.1. The van der Waals surface area contributed by atoms with E-state index in [1.807, 2.05) is 49.9 Å². The van der Waals surface area contributed by atoms with E-state index in [2.05, 4.69) is 10.6 Å². The summed E-state index contributed by atoms with van der Waals surface area (Å²) in [6, 6.07) is 7.65. The lowest BCUT2D eigenvalue weighted by Crippen LogP contribution is -2.32. The number of nitrogens with zero attached hydrogens (tertiary/aromatic N) is 1. The molecule has 0 saturated carbocycles. The Morgan fingerprint density at radius 2 is 1.75 bits per heavy atom. The summed E-state index contributed by atoms with van der Waals surface area (Å²) < 4.78 is 41.3. The van der Waals surface area contributed by atoms with Crippen molar-refractivity contribution in [2.24, 2.45) is 0 Å². The molecular weight excluding hydrogens is 387 g/mol. The van der Waals surface area contributed by atoms with E-state index >= 15 is 0 Å². The third-order valence-corrected chi connectivity index (χ3v) is 5.75. The van der Waals surface area contributed by atoms with Gasteiger partial charge >= 0.3 is 12.2 Å². The van der Waals surface area contributed by atoms with Gasteiger partial charge in [0.1, 0.15) is 5.00 Å². The van der Waals surface area contributed by atoms with Gasteiger partial charge in [-0.25, -0.2) is 4.79 Å². The van der Waals surface area contributed by atoms with E-state index in [1.165, 1.54) is 18.2 Å². The van der Waals surface area contributed by atoms with Crippen molar-refractivity contribution in [3.05, 3.63) is 70.4 Å². The number of alkyl halides is 3. The molecule has 3 aromatic rings. The Hall–Kier alpha value is -2.74. The highest BCUT2D eigenvalue weighted by Gasteiger charge is 2.33. The molecule has 4 nitrogen and oxygen atoms in total. The van der Waals surface area contributed by atoms with Gasteiger partial charge in [0.2, 0.25) is 0 Å². The van der Waals surface area contributed by atoms with Gasteiger partial charge in [-0.05, 0) is 50.6 Å². The van der Waals surface area contributed by atoms with Gasteiger partial charge in [-0.15, -0.1) is 11.3 Å². The van der Waals surface area contributed by atoms with Crippen molar-refractivity contribution < 1.29 is 18.0 Å². The number of nitrogens with one attached hydrogen (secondary N) is 2. The number of urea groups is 1. The molecule has 0 saturated heterocycles. The van der Waals surface area contributed by atoms with Crippen LogP contribution < -0.4 is 10.6 Å². The van der Waals surface area contributed by atoms with E-state index < -0.39 is 17.8 Å². The van der Waals surface area contributed by atoms with Gasteiger partial charge in [-0.3, -0.25) is 0 Å². The van der Waals surface area contributed by atoms with Gasteiger partial charge in [0, 0.05) is 22.8 Å². The first kappa shape index (κ1) is 20.0. The number of anilines is 1. The maximum atomic E-state index is 13.1. The molecule has 2 aromatic heterocycles. The summed E-state index contributed by atoms with van der Waals surface area (Å²) in [5.74, 6) is 0. The van der Waals surface area contributed by atoms with Crippen LogP contribution in [0.2, 0.25) is 0 Å². The second kappa shape index (κ2) is 7.71. The highest BCUT2D eigenvalue weighted by Crippen LogP contribution is 2.36. The van der Waals surface area contributed by atoms with E-state index in [-0.39, 0.29) is 11.7 Å². The van der Waals surface area contributed by atoms with Gasteiger partial charge in [0.15, 0.2) is 0 Å². The summed E-state index contributed by atoms with van der Waals surface area (Å²) in [6.07, 6.45) is -0.709. The molecule has 148 valence electrons. The minimum absolute atomic E-state index is 0.274. The number of aryl methyl sites for hydroxylation is 1. The number of aromatic nitrogens is 1. The summed E-state index contributed by atoms with van der Waals surface area (Å²) in [5, 5.41) is 6.06. The minimum Gasteiger partial charge on any atom is -0.331 e. The summed E-state index contributed by atoms with van der Waals surface area (Å²) in [5.41, 5.74) is 0.840. The predicted molar refractivity (Wildman–Crippen MR) is 105 cm³/mol. The molecule has 28 heavy (non-hydrogen) atoms. The monoisotopic (exact) mass is 407 g/mol. The molecule has 0 aliphatic rings. The Bertz CT molecular complexity index is 977. The van der Waals surface area contributed by atoms with Crippen LogP contribution in [0.25, 0.3) is 5.00 Å². The summed E-state index contributed by atoms with van der Waals surface area (Å²) in [6.45, 7) is 5.79. The topological polar surface area (TPSA) is 46.1 Å². The Balaban J connectivity index is 1.82. The second-order valence-corrected chi connectivity index (χ2v) is 7.66. The molecule has 0 spiro atoms. The van der Waals surface area contributed by atoms with Crippen LogP contribution in [-0.2, 0) is 6.18 Å². The van der Waals surface area contributed by atoms with Crippen LogP contribution in [-0.4, -0.2) is 10.6 Å². The van der Waals surface area contributed by atoms with E-state index in [1.54, 1.807) is 11.3 Å². The SMILES string of the molecule is Cc1sc(-n2cccc2)c([C@H](C)NC(=O)Nc2ccccc2C(F)(F)F)c1C. The molecule has 1 atom stereocenters. The fraction of sp³-hybridized carbons (Fsp3) is 0.250. The average Bonchev–Trinajstić information content (AvgIpc) is 3.23. The number of halogens is 3. The van der Waals surface area contributed by atoms with Crippen molar-refractivity contribution in [2.45, 2.75) is 33.0 Å². The first-order valence-electron chi connectivity index (χ1n) is 8.65. The Morgan fingerprint density at radius 3 is 2.39 bits per heavy atom. The van der Waals surface area contributed by atoms with E-state index in [0.717, 1.165) is 27.1 Å². The van der Waals surface area contributed by atoms with Crippen LogP contribution in [0.5, 0.6) is 0 Å². The summed E-state index contributed by atoms with van der Waals surface area (Å²) >= 11 is 1.61. The third kappa shape index (κ3) is 4.06. The number of amides is 2. The lowest BCUT2D eigenvalue weighted by molar-refractivity contribution is -0.136. The molecule has 2 heterocycles. The first-order chi connectivity index (χ1) is 13.2. The number of hydrogen-bond acceptors (Lipinski definition) is 2. The molecule has 8 heteroatoms. The van der Waals surface area contributed by atoms with Crippen molar-refractivity contribution >= 4 is 23.1 Å². The van der Waals surface area contributed by atoms with Crippen molar-refractivity contribution in [3.8, 4) is 5.00 Å². The van der Waals surface area contributed by atoms with Crippen LogP contribution in [0, 0.1) is 13.8 Å². The molecule has 0 unspecified atom stereocenters. The molecule has 1 aromatic carbocycles. The predicted octanol–water partition coefficient (Wildman–Crippen LogP) is 6.06. The lowest BCUT2D eigenvalue weighted by Gasteiger charge is -2.19. The van der Waals surface area contributed by atoms with E-state index in [0.29, 0.717) is 0 Å². The smallest absolute Gasteiger partial charge is 0.331 e. The van der Waals surface area contributed by atoms with E-state index in [4.69, 9.17) is 0 Å². The van der Waals surface area contributed by atoms with Gasteiger partial charge < -0.3 is 15.2 Å². The number of rotatable bonds is 4. The standard InChI is InChI=1S/C20H20F3N3OS/c1-12-14(3)28-18(26-10-6-7-11-26)17(12)13(2)24-19(27)25-16-9-5-4-8-15(16)20(21,22)23/h4-11,13H,1-3H3,(H2,24,25,27)/t13-/m0/s1. The molecule has 0 aliphatic carbocycles. The van der Waals surface area contributed by atoms with Crippen LogP contribution in [0.1, 0.15) is 34.5 Å². The molecule has 0 radical (unpaired) electrons. The zero-order valence-electron chi connectivity index (χ0n) is 15.6. The average molecular weight is 407 g/mol. The quantitative estimate of drug-likeness (QED) is 0.543. The molecule has 2 amide bonds. The minimum atomic E-state index is -4.54. The normalized spacial score (nSPS) is 12.6. The molecule has 0 fully saturated rings. The van der Waals surface area contributed by atoms with Gasteiger partial charge in [0.25, 0.3) is 0 Å². The maximum Gasteiger partial charge on any atom is 0.418 e. The number of para-hydroxylation sites is 1. The first-order valence-corrected chi connectivity index (χ1v) is 9.47. The summed E-state index contributed by atoms with van der Waals surface area (Å²) in [7, 11) is 0. The lowest BCUT2D eigenvalue weighted by atomic mass is 10.1. The van der Waals surface area contributed by atoms with Crippen LogP contribution in [0.4, 0.5) is 23.7 Å². The van der Waals surface area contributed by atoms with Crippen molar-refractivity contribution in [3.63, 3.8) is 0 Å². The molecule has 0 bridgehead atoms. The van der Waals surface area contributed by atoms with Crippen molar-refractivity contribution in [2.75, 3.05) is 5.32 Å². The van der Waals surface area contributed by atoms with Crippen LogP contribution >= 0.6 is 11.3 Å². The van der Waals surface area contributed by atoms with Gasteiger partial charge in [-0.1, -0.05) is 12.1 Å². The Morgan fingerprint density at radius 1 is 1.11 bits per heavy atom. The summed E-state index contributed by atoms with van der Waals surface area (Å²) in [4.78, 5) is 13.5. The van der Waals surface area contributed by atoms with Crippen LogP contribution in [0.15, 0.2) is 48.8 Å². The molecule has 0 aliphatic heterocycles. The number of carbonyl (C=O) groups excluding carboxylic acids is 1. The number of hydrogen-bond donors (Lipinski definition) is 2.